The van der Waals surface area contributed by atoms with E-state index in [1.165, 1.54) is 31.4 Å². The van der Waals surface area contributed by atoms with Crippen LogP contribution < -0.4 is 10.1 Å². The van der Waals surface area contributed by atoms with Crippen LogP contribution in [0.25, 0.3) is 0 Å². The van der Waals surface area contributed by atoms with Crippen LogP contribution in [0.3, 0.4) is 0 Å². The number of ether oxygens (including phenoxy) is 1. The summed E-state index contributed by atoms with van der Waals surface area (Å²) in [7, 11) is 1.71. The first-order chi connectivity index (χ1) is 8.61. The van der Waals surface area contributed by atoms with Crippen LogP contribution in [0.4, 0.5) is 0 Å². The van der Waals surface area contributed by atoms with Crippen molar-refractivity contribution in [1.29, 1.82) is 0 Å². The van der Waals surface area contributed by atoms with Gasteiger partial charge in [0.2, 0.25) is 0 Å². The highest BCUT2D eigenvalue weighted by Crippen LogP contribution is 2.44. The summed E-state index contributed by atoms with van der Waals surface area (Å²) in [6.45, 7) is 5.84. The number of hydrogen-bond donors (Lipinski definition) is 1. The van der Waals surface area contributed by atoms with Gasteiger partial charge in [0.1, 0.15) is 5.75 Å². The van der Waals surface area contributed by atoms with Gasteiger partial charge < -0.3 is 10.1 Å². The summed E-state index contributed by atoms with van der Waals surface area (Å²) in [5, 5.41) is 3.65. The van der Waals surface area contributed by atoms with Gasteiger partial charge in [-0.25, -0.2) is 0 Å². The molecule has 2 nitrogen and oxygen atoms in total. The summed E-state index contributed by atoms with van der Waals surface area (Å²) in [6.07, 6.45) is 5.12. The number of hydrogen-bond acceptors (Lipinski definition) is 2. The minimum atomic E-state index is 0.601. The van der Waals surface area contributed by atoms with Gasteiger partial charge in [0.25, 0.3) is 0 Å². The molecule has 1 aliphatic carbocycles. The van der Waals surface area contributed by atoms with E-state index in [0.29, 0.717) is 11.5 Å². The lowest BCUT2D eigenvalue weighted by Crippen LogP contribution is -2.31. The van der Waals surface area contributed by atoms with Crippen molar-refractivity contribution >= 4 is 0 Å². The maximum Gasteiger partial charge on any atom is 0.118 e. The molecule has 1 aliphatic rings. The average molecular weight is 247 g/mol. The first-order valence-electron chi connectivity index (χ1n) is 6.98. The van der Waals surface area contributed by atoms with Gasteiger partial charge in [0.05, 0.1) is 7.11 Å². The van der Waals surface area contributed by atoms with Crippen molar-refractivity contribution in [1.82, 2.24) is 5.32 Å². The van der Waals surface area contributed by atoms with E-state index in [1.807, 2.05) is 12.1 Å². The topological polar surface area (TPSA) is 21.3 Å². The summed E-state index contributed by atoms with van der Waals surface area (Å²) >= 11 is 0. The van der Waals surface area contributed by atoms with E-state index in [2.05, 4.69) is 31.3 Å². The van der Waals surface area contributed by atoms with Gasteiger partial charge in [0.15, 0.2) is 0 Å². The first-order valence-corrected chi connectivity index (χ1v) is 6.98. The summed E-state index contributed by atoms with van der Waals surface area (Å²) in [5.41, 5.74) is 2.00. The molecule has 1 saturated carbocycles. The second-order valence-electron chi connectivity index (χ2n) is 5.98. The Balaban J connectivity index is 1.69. The van der Waals surface area contributed by atoms with Gasteiger partial charge in [0, 0.05) is 12.6 Å². The van der Waals surface area contributed by atoms with Gasteiger partial charge in [-0.2, -0.15) is 0 Å². The molecular weight excluding hydrogens is 222 g/mol. The van der Waals surface area contributed by atoms with Crippen LogP contribution in [0.15, 0.2) is 24.3 Å². The van der Waals surface area contributed by atoms with E-state index in [-0.39, 0.29) is 0 Å². The summed E-state index contributed by atoms with van der Waals surface area (Å²) < 4.78 is 5.17. The molecule has 1 fully saturated rings. The Morgan fingerprint density at radius 2 is 1.94 bits per heavy atom. The van der Waals surface area contributed by atoms with E-state index in [0.717, 1.165) is 12.2 Å². The summed E-state index contributed by atoms with van der Waals surface area (Å²) in [6, 6.07) is 9.00. The highest BCUT2D eigenvalue weighted by Gasteiger charge is 2.36. The number of benzene rings is 1. The van der Waals surface area contributed by atoms with E-state index < -0.39 is 0 Å². The minimum absolute atomic E-state index is 0.601. The SMILES string of the molecule is COc1ccc(CCC(C)NCC2(C)CC2)cc1. The Hall–Kier alpha value is -1.02. The second-order valence-corrected chi connectivity index (χ2v) is 5.98. The maximum atomic E-state index is 5.17. The van der Waals surface area contributed by atoms with Gasteiger partial charge >= 0.3 is 0 Å². The maximum absolute atomic E-state index is 5.17. The Kier molecular flexibility index (Phi) is 4.28. The van der Waals surface area contributed by atoms with Crippen molar-refractivity contribution in [3.63, 3.8) is 0 Å². The average Bonchev–Trinajstić information content (AvgIpc) is 3.13. The predicted molar refractivity (Wildman–Crippen MR) is 76.1 cm³/mol. The van der Waals surface area contributed by atoms with Gasteiger partial charge in [-0.05, 0) is 55.7 Å². The molecule has 2 heteroatoms. The molecule has 0 bridgehead atoms. The molecule has 0 spiro atoms. The minimum Gasteiger partial charge on any atom is -0.497 e. The normalized spacial score (nSPS) is 18.4. The fraction of sp³-hybridized carbons (Fsp3) is 0.625. The lowest BCUT2D eigenvalue weighted by molar-refractivity contribution is 0.414. The molecule has 18 heavy (non-hydrogen) atoms. The molecule has 2 rings (SSSR count). The van der Waals surface area contributed by atoms with Crippen LogP contribution in [0.2, 0.25) is 0 Å². The van der Waals surface area contributed by atoms with E-state index in [1.54, 1.807) is 7.11 Å². The highest BCUT2D eigenvalue weighted by atomic mass is 16.5. The summed E-state index contributed by atoms with van der Waals surface area (Å²) in [5.74, 6) is 0.937. The first kappa shape index (κ1) is 13.4. The van der Waals surface area contributed by atoms with Crippen LogP contribution in [-0.4, -0.2) is 19.7 Å². The number of rotatable bonds is 7. The predicted octanol–water partition coefficient (Wildman–Crippen LogP) is 3.41. The molecule has 0 radical (unpaired) electrons. The Morgan fingerprint density at radius 1 is 1.28 bits per heavy atom. The van der Waals surface area contributed by atoms with Crippen molar-refractivity contribution in [2.24, 2.45) is 5.41 Å². The molecule has 1 aromatic carbocycles. The molecule has 1 atom stereocenters. The largest absolute Gasteiger partial charge is 0.497 e. The van der Waals surface area contributed by atoms with Gasteiger partial charge in [-0.15, -0.1) is 0 Å². The molecule has 0 saturated heterocycles. The third kappa shape index (κ3) is 4.02. The lowest BCUT2D eigenvalue weighted by Gasteiger charge is -2.17. The molecule has 0 heterocycles. The van der Waals surface area contributed by atoms with Crippen molar-refractivity contribution in [2.45, 2.75) is 45.6 Å². The smallest absolute Gasteiger partial charge is 0.118 e. The third-order valence-corrected chi connectivity index (χ3v) is 4.01. The van der Waals surface area contributed by atoms with Crippen molar-refractivity contribution in [3.8, 4) is 5.75 Å². The molecule has 0 amide bonds. The Bertz CT molecular complexity index is 367. The van der Waals surface area contributed by atoms with Crippen LogP contribution in [0, 0.1) is 5.41 Å². The molecule has 100 valence electrons. The standard InChI is InChI=1S/C16H25NO/c1-13(17-12-16(2)10-11-16)4-5-14-6-8-15(18-3)9-7-14/h6-9,13,17H,4-5,10-12H2,1-3H3. The fourth-order valence-electron chi connectivity index (χ4n) is 2.09. The number of methoxy groups -OCH3 is 1. The summed E-state index contributed by atoms with van der Waals surface area (Å²) in [4.78, 5) is 0. The molecule has 0 aliphatic heterocycles. The zero-order valence-corrected chi connectivity index (χ0v) is 11.8. The molecule has 1 N–H and O–H groups in total. The quantitative estimate of drug-likeness (QED) is 0.797. The molecule has 1 aromatic rings. The zero-order valence-electron chi connectivity index (χ0n) is 11.8. The van der Waals surface area contributed by atoms with Crippen molar-refractivity contribution < 1.29 is 4.74 Å². The monoisotopic (exact) mass is 247 g/mol. The second kappa shape index (κ2) is 5.75. The lowest BCUT2D eigenvalue weighted by atomic mass is 10.0. The zero-order chi connectivity index (χ0) is 13.0. The Labute approximate surface area is 111 Å². The number of nitrogens with one attached hydrogen (secondary N) is 1. The molecule has 0 aromatic heterocycles. The van der Waals surface area contributed by atoms with E-state index in [4.69, 9.17) is 4.74 Å². The van der Waals surface area contributed by atoms with E-state index >= 15 is 0 Å². The van der Waals surface area contributed by atoms with E-state index in [9.17, 15) is 0 Å². The van der Waals surface area contributed by atoms with Crippen molar-refractivity contribution in [2.75, 3.05) is 13.7 Å². The van der Waals surface area contributed by atoms with Crippen LogP contribution >= 0.6 is 0 Å². The molecular formula is C16H25NO. The molecule has 1 unspecified atom stereocenters. The highest BCUT2D eigenvalue weighted by molar-refractivity contribution is 5.27. The number of aryl methyl sites for hydroxylation is 1. The van der Waals surface area contributed by atoms with Gasteiger partial charge in [-0.1, -0.05) is 19.1 Å². The Morgan fingerprint density at radius 3 is 2.50 bits per heavy atom. The van der Waals surface area contributed by atoms with Crippen LogP contribution in [0.5, 0.6) is 5.75 Å². The van der Waals surface area contributed by atoms with Crippen molar-refractivity contribution in [3.05, 3.63) is 29.8 Å². The van der Waals surface area contributed by atoms with Crippen LogP contribution in [-0.2, 0) is 6.42 Å². The third-order valence-electron chi connectivity index (χ3n) is 4.01. The van der Waals surface area contributed by atoms with Crippen LogP contribution in [0.1, 0.15) is 38.7 Å². The fourth-order valence-corrected chi connectivity index (χ4v) is 2.09. The van der Waals surface area contributed by atoms with Gasteiger partial charge in [-0.3, -0.25) is 0 Å².